The number of hydrogen-bond acceptors (Lipinski definition) is 2. The summed E-state index contributed by atoms with van der Waals surface area (Å²) in [7, 11) is 0. The molecular weight excluding hydrogens is 260 g/mol. The number of rotatable bonds is 1. The van der Waals surface area contributed by atoms with E-state index >= 15 is 0 Å². The molecule has 92 valence electrons. The Kier molecular flexibility index (Phi) is 2.80. The van der Waals surface area contributed by atoms with E-state index in [-0.39, 0.29) is 17.1 Å². The van der Waals surface area contributed by atoms with Crippen LogP contribution in [0, 0.1) is 0 Å². The monoisotopic (exact) mass is 268 g/mol. The van der Waals surface area contributed by atoms with Gasteiger partial charge in [-0.2, -0.15) is 0 Å². The molecule has 0 aromatic heterocycles. The van der Waals surface area contributed by atoms with Gasteiger partial charge in [0.15, 0.2) is 11.6 Å². The SMILES string of the molecule is O=C1C(=Cc2cccc(Cl)c2)C(=O)c2ccccc21. The summed E-state index contributed by atoms with van der Waals surface area (Å²) < 4.78 is 0. The first kappa shape index (κ1) is 11.9. The van der Waals surface area contributed by atoms with Crippen molar-refractivity contribution in [1.82, 2.24) is 0 Å². The average molecular weight is 269 g/mol. The van der Waals surface area contributed by atoms with Crippen LogP contribution in [0.1, 0.15) is 26.3 Å². The molecule has 0 bridgehead atoms. The highest BCUT2D eigenvalue weighted by molar-refractivity contribution is 6.41. The zero-order chi connectivity index (χ0) is 13.4. The zero-order valence-electron chi connectivity index (χ0n) is 9.89. The summed E-state index contributed by atoms with van der Waals surface area (Å²) in [4.78, 5) is 24.3. The third kappa shape index (κ3) is 2.00. The largest absolute Gasteiger partial charge is 0.288 e. The number of carbonyl (C=O) groups is 2. The normalized spacial score (nSPS) is 13.6. The van der Waals surface area contributed by atoms with Crippen molar-refractivity contribution in [2.45, 2.75) is 0 Å². The van der Waals surface area contributed by atoms with Crippen LogP contribution in [0.25, 0.3) is 6.08 Å². The second kappa shape index (κ2) is 4.48. The van der Waals surface area contributed by atoms with Gasteiger partial charge in [0, 0.05) is 16.1 Å². The Morgan fingerprint density at radius 1 is 0.842 bits per heavy atom. The Morgan fingerprint density at radius 2 is 1.47 bits per heavy atom. The fourth-order valence-electron chi connectivity index (χ4n) is 2.17. The van der Waals surface area contributed by atoms with Crippen LogP contribution in [0.3, 0.4) is 0 Å². The summed E-state index contributed by atoms with van der Waals surface area (Å²) in [6.45, 7) is 0. The second-order valence-corrected chi connectivity index (χ2v) is 4.75. The highest BCUT2D eigenvalue weighted by atomic mass is 35.5. The van der Waals surface area contributed by atoms with Gasteiger partial charge in [0.1, 0.15) is 0 Å². The highest BCUT2D eigenvalue weighted by Crippen LogP contribution is 2.27. The first-order valence-electron chi connectivity index (χ1n) is 5.82. The van der Waals surface area contributed by atoms with Gasteiger partial charge < -0.3 is 0 Å². The number of carbonyl (C=O) groups excluding carboxylic acids is 2. The molecule has 0 atom stereocenters. The average Bonchev–Trinajstić information content (AvgIpc) is 2.65. The first-order chi connectivity index (χ1) is 9.16. The third-order valence-corrected chi connectivity index (χ3v) is 3.30. The molecule has 2 aromatic carbocycles. The van der Waals surface area contributed by atoms with Gasteiger partial charge in [-0.25, -0.2) is 0 Å². The zero-order valence-corrected chi connectivity index (χ0v) is 10.6. The quantitative estimate of drug-likeness (QED) is 0.582. The first-order valence-corrected chi connectivity index (χ1v) is 6.20. The molecule has 2 aromatic rings. The summed E-state index contributed by atoms with van der Waals surface area (Å²) in [6.07, 6.45) is 1.59. The number of fused-ring (bicyclic) bond motifs is 1. The Hall–Kier alpha value is -2.19. The minimum Gasteiger partial charge on any atom is -0.288 e. The fraction of sp³-hybridized carbons (Fsp3) is 0. The number of Topliss-reactive ketones (excluding diaryl/α,β-unsaturated/α-hetero) is 2. The van der Waals surface area contributed by atoms with Gasteiger partial charge in [-0.3, -0.25) is 9.59 Å². The molecule has 0 N–H and O–H groups in total. The topological polar surface area (TPSA) is 34.1 Å². The molecule has 3 heteroatoms. The molecule has 0 aliphatic heterocycles. The molecule has 0 spiro atoms. The Balaban J connectivity index is 2.09. The van der Waals surface area contributed by atoms with Crippen LogP contribution < -0.4 is 0 Å². The van der Waals surface area contributed by atoms with E-state index in [0.29, 0.717) is 16.1 Å². The van der Waals surface area contributed by atoms with Gasteiger partial charge in [0.2, 0.25) is 0 Å². The smallest absolute Gasteiger partial charge is 0.197 e. The van der Waals surface area contributed by atoms with E-state index in [1.807, 2.05) is 6.07 Å². The maximum Gasteiger partial charge on any atom is 0.197 e. The minimum atomic E-state index is -0.222. The Bertz CT molecular complexity index is 692. The van der Waals surface area contributed by atoms with Gasteiger partial charge >= 0.3 is 0 Å². The lowest BCUT2D eigenvalue weighted by Crippen LogP contribution is -2.00. The Morgan fingerprint density at radius 3 is 2.05 bits per heavy atom. The molecule has 2 nitrogen and oxygen atoms in total. The molecule has 3 rings (SSSR count). The van der Waals surface area contributed by atoms with Crippen molar-refractivity contribution >= 4 is 29.2 Å². The van der Waals surface area contributed by atoms with Gasteiger partial charge in [-0.15, -0.1) is 0 Å². The van der Waals surface area contributed by atoms with E-state index in [9.17, 15) is 9.59 Å². The fourth-order valence-corrected chi connectivity index (χ4v) is 2.37. The number of hydrogen-bond donors (Lipinski definition) is 0. The molecule has 0 fully saturated rings. The predicted molar refractivity (Wildman–Crippen MR) is 74.5 cm³/mol. The molecule has 0 heterocycles. The molecule has 0 saturated heterocycles. The van der Waals surface area contributed by atoms with E-state index in [1.165, 1.54) is 0 Å². The van der Waals surface area contributed by atoms with Crippen molar-refractivity contribution in [3.05, 3.63) is 75.8 Å². The van der Waals surface area contributed by atoms with Gasteiger partial charge in [0.25, 0.3) is 0 Å². The molecule has 0 amide bonds. The lowest BCUT2D eigenvalue weighted by molar-refractivity contribution is 0.0990. The van der Waals surface area contributed by atoms with Gasteiger partial charge in [0.05, 0.1) is 5.57 Å². The maximum atomic E-state index is 12.2. The van der Waals surface area contributed by atoms with E-state index < -0.39 is 0 Å². The van der Waals surface area contributed by atoms with Crippen LogP contribution in [0.15, 0.2) is 54.1 Å². The minimum absolute atomic E-state index is 0.198. The lowest BCUT2D eigenvalue weighted by Gasteiger charge is -1.96. The molecular formula is C16H9ClO2. The van der Waals surface area contributed by atoms with Crippen molar-refractivity contribution in [3.8, 4) is 0 Å². The van der Waals surface area contributed by atoms with Crippen LogP contribution in [0.4, 0.5) is 0 Å². The molecule has 1 aliphatic rings. The van der Waals surface area contributed by atoms with Gasteiger partial charge in [-0.05, 0) is 23.8 Å². The number of allylic oxidation sites excluding steroid dienone is 1. The van der Waals surface area contributed by atoms with Crippen molar-refractivity contribution in [1.29, 1.82) is 0 Å². The predicted octanol–water partition coefficient (Wildman–Crippen LogP) is 3.80. The molecule has 19 heavy (non-hydrogen) atoms. The second-order valence-electron chi connectivity index (χ2n) is 4.32. The summed E-state index contributed by atoms with van der Waals surface area (Å²) in [6, 6.07) is 13.9. The number of benzene rings is 2. The van der Waals surface area contributed by atoms with E-state index in [2.05, 4.69) is 0 Å². The standard InChI is InChI=1S/C16H9ClO2/c17-11-5-3-4-10(8-11)9-14-15(18)12-6-1-2-7-13(12)16(14)19/h1-9H. The summed E-state index contributed by atoms with van der Waals surface area (Å²) in [5.41, 5.74) is 1.89. The molecule has 0 radical (unpaired) electrons. The van der Waals surface area contributed by atoms with Crippen LogP contribution in [0.5, 0.6) is 0 Å². The van der Waals surface area contributed by atoms with Gasteiger partial charge in [-0.1, -0.05) is 48.0 Å². The highest BCUT2D eigenvalue weighted by Gasteiger charge is 2.32. The number of halogens is 1. The third-order valence-electron chi connectivity index (χ3n) is 3.07. The summed E-state index contributed by atoms with van der Waals surface area (Å²) in [5.74, 6) is -0.443. The Labute approximate surface area is 115 Å². The van der Waals surface area contributed by atoms with Crippen LogP contribution in [-0.2, 0) is 0 Å². The maximum absolute atomic E-state index is 12.2. The van der Waals surface area contributed by atoms with E-state index in [0.717, 1.165) is 5.56 Å². The van der Waals surface area contributed by atoms with Crippen molar-refractivity contribution in [3.63, 3.8) is 0 Å². The number of ketones is 2. The van der Waals surface area contributed by atoms with Crippen molar-refractivity contribution < 1.29 is 9.59 Å². The van der Waals surface area contributed by atoms with Crippen LogP contribution >= 0.6 is 11.6 Å². The molecule has 0 saturated carbocycles. The summed E-state index contributed by atoms with van der Waals surface area (Å²) in [5, 5.41) is 0.574. The van der Waals surface area contributed by atoms with Crippen molar-refractivity contribution in [2.24, 2.45) is 0 Å². The van der Waals surface area contributed by atoms with E-state index in [4.69, 9.17) is 11.6 Å². The van der Waals surface area contributed by atoms with Crippen molar-refractivity contribution in [2.75, 3.05) is 0 Å². The molecule has 1 aliphatic carbocycles. The molecule has 0 unspecified atom stereocenters. The van der Waals surface area contributed by atoms with E-state index in [1.54, 1.807) is 48.5 Å². The lowest BCUT2D eigenvalue weighted by atomic mass is 10.1. The van der Waals surface area contributed by atoms with Crippen LogP contribution in [-0.4, -0.2) is 11.6 Å². The van der Waals surface area contributed by atoms with Crippen LogP contribution in [0.2, 0.25) is 5.02 Å². The summed E-state index contributed by atoms with van der Waals surface area (Å²) >= 11 is 5.89.